The number of hydrogen-bond acceptors (Lipinski definition) is 2. The van der Waals surface area contributed by atoms with E-state index in [2.05, 4.69) is 22.8 Å². The molecule has 0 unspecified atom stereocenters. The van der Waals surface area contributed by atoms with Gasteiger partial charge in [0.2, 0.25) is 0 Å². The highest BCUT2D eigenvalue weighted by atomic mass is 32.1. The monoisotopic (exact) mass is 260 g/mol. The van der Waals surface area contributed by atoms with Crippen LogP contribution < -0.4 is 10.6 Å². The highest BCUT2D eigenvalue weighted by Gasteiger charge is 2.08. The van der Waals surface area contributed by atoms with Crippen LogP contribution in [0.4, 0.5) is 0 Å². The topological polar surface area (TPSA) is 37.2 Å². The Morgan fingerprint density at radius 2 is 2.00 bits per heavy atom. The average molecular weight is 260 g/mol. The van der Waals surface area contributed by atoms with Crippen LogP contribution >= 0.6 is 12.2 Å². The van der Waals surface area contributed by atoms with E-state index in [1.54, 1.807) is 6.26 Å². The van der Waals surface area contributed by atoms with Crippen LogP contribution in [0.3, 0.4) is 0 Å². The minimum atomic E-state index is 0.0655. The van der Waals surface area contributed by atoms with Gasteiger partial charge in [0.15, 0.2) is 5.11 Å². The van der Waals surface area contributed by atoms with E-state index in [9.17, 15) is 0 Å². The molecule has 1 aromatic heterocycles. The molecule has 0 aliphatic heterocycles. The quantitative estimate of drug-likeness (QED) is 0.829. The first kappa shape index (κ1) is 12.6. The molecule has 3 nitrogen and oxygen atoms in total. The van der Waals surface area contributed by atoms with E-state index >= 15 is 0 Å². The zero-order valence-corrected chi connectivity index (χ0v) is 11.0. The summed E-state index contributed by atoms with van der Waals surface area (Å²) in [7, 11) is 0. The lowest BCUT2D eigenvalue weighted by Gasteiger charge is -2.15. The van der Waals surface area contributed by atoms with Gasteiger partial charge in [-0.05, 0) is 36.8 Å². The van der Waals surface area contributed by atoms with Gasteiger partial charge in [-0.3, -0.25) is 0 Å². The Kier molecular flexibility index (Phi) is 4.36. The number of nitrogens with one attached hydrogen (secondary N) is 2. The Morgan fingerprint density at radius 1 is 1.22 bits per heavy atom. The van der Waals surface area contributed by atoms with Crippen LogP contribution in [0.1, 0.15) is 24.3 Å². The van der Waals surface area contributed by atoms with Gasteiger partial charge in [-0.2, -0.15) is 0 Å². The molecule has 0 radical (unpaired) electrons. The molecule has 1 atom stereocenters. The third kappa shape index (κ3) is 3.60. The predicted molar refractivity (Wildman–Crippen MR) is 76.1 cm³/mol. The summed E-state index contributed by atoms with van der Waals surface area (Å²) in [5.41, 5.74) is 1.20. The minimum absolute atomic E-state index is 0.0655. The molecule has 4 heteroatoms. The van der Waals surface area contributed by atoms with Gasteiger partial charge >= 0.3 is 0 Å². The number of thiocarbonyl (C=S) groups is 1. The molecule has 0 saturated carbocycles. The summed E-state index contributed by atoms with van der Waals surface area (Å²) in [4.78, 5) is 0. The van der Waals surface area contributed by atoms with Crippen molar-refractivity contribution in [3.63, 3.8) is 0 Å². The Bertz CT molecular complexity index is 482. The Morgan fingerprint density at radius 3 is 2.67 bits per heavy atom. The smallest absolute Gasteiger partial charge is 0.167 e. The zero-order valence-electron chi connectivity index (χ0n) is 10.2. The summed E-state index contributed by atoms with van der Waals surface area (Å²) in [5, 5.41) is 6.98. The molecule has 0 bridgehead atoms. The first-order valence-electron chi connectivity index (χ1n) is 5.87. The molecule has 0 saturated heterocycles. The molecule has 1 heterocycles. The van der Waals surface area contributed by atoms with Gasteiger partial charge in [0.05, 0.1) is 12.3 Å². The summed E-state index contributed by atoms with van der Waals surface area (Å²) < 4.78 is 5.31. The van der Waals surface area contributed by atoms with Crippen molar-refractivity contribution in [3.05, 3.63) is 60.1 Å². The summed E-state index contributed by atoms with van der Waals surface area (Å²) >= 11 is 5.24. The van der Waals surface area contributed by atoms with E-state index in [1.165, 1.54) is 5.56 Å². The van der Waals surface area contributed by atoms with Crippen molar-refractivity contribution in [1.82, 2.24) is 10.6 Å². The summed E-state index contributed by atoms with van der Waals surface area (Å²) in [5.74, 6) is 0.874. The van der Waals surface area contributed by atoms with Crippen molar-refractivity contribution in [2.24, 2.45) is 0 Å². The second-order valence-electron chi connectivity index (χ2n) is 4.05. The SMILES string of the molecule is C[C@H](NC(=S)NCc1ccccc1)c1ccco1. The van der Waals surface area contributed by atoms with Gasteiger partial charge in [0.25, 0.3) is 0 Å². The maximum atomic E-state index is 5.31. The molecule has 0 amide bonds. The zero-order chi connectivity index (χ0) is 12.8. The van der Waals surface area contributed by atoms with E-state index in [1.807, 2.05) is 37.3 Å². The first-order valence-corrected chi connectivity index (χ1v) is 6.28. The largest absolute Gasteiger partial charge is 0.467 e. The molecule has 18 heavy (non-hydrogen) atoms. The van der Waals surface area contributed by atoms with Crippen molar-refractivity contribution in [1.29, 1.82) is 0 Å². The fraction of sp³-hybridized carbons (Fsp3) is 0.214. The van der Waals surface area contributed by atoms with Gasteiger partial charge in [0.1, 0.15) is 5.76 Å². The van der Waals surface area contributed by atoms with Crippen molar-refractivity contribution in [3.8, 4) is 0 Å². The van der Waals surface area contributed by atoms with Crippen molar-refractivity contribution < 1.29 is 4.42 Å². The highest BCUT2D eigenvalue weighted by Crippen LogP contribution is 2.11. The van der Waals surface area contributed by atoms with Gasteiger partial charge in [-0.1, -0.05) is 30.3 Å². The van der Waals surface area contributed by atoms with E-state index < -0.39 is 0 Å². The fourth-order valence-electron chi connectivity index (χ4n) is 1.63. The molecule has 0 fully saturated rings. The molecule has 2 aromatic rings. The third-order valence-electron chi connectivity index (χ3n) is 2.61. The predicted octanol–water partition coefficient (Wildman–Crippen LogP) is 3.00. The lowest BCUT2D eigenvalue weighted by molar-refractivity contribution is 0.462. The van der Waals surface area contributed by atoms with Crippen LogP contribution in [0, 0.1) is 0 Å². The number of benzene rings is 1. The molecular weight excluding hydrogens is 244 g/mol. The molecule has 0 spiro atoms. The van der Waals surface area contributed by atoms with Gasteiger partial charge in [0, 0.05) is 6.54 Å². The minimum Gasteiger partial charge on any atom is -0.467 e. The second kappa shape index (κ2) is 6.21. The molecule has 2 N–H and O–H groups in total. The summed E-state index contributed by atoms with van der Waals surface area (Å²) in [6, 6.07) is 14.0. The second-order valence-corrected chi connectivity index (χ2v) is 4.46. The lowest BCUT2D eigenvalue weighted by Crippen LogP contribution is -2.36. The molecule has 1 aromatic carbocycles. The van der Waals surface area contributed by atoms with E-state index in [0.29, 0.717) is 5.11 Å². The van der Waals surface area contributed by atoms with E-state index in [4.69, 9.17) is 16.6 Å². The normalized spacial score (nSPS) is 11.8. The summed E-state index contributed by atoms with van der Waals surface area (Å²) in [6.07, 6.45) is 1.66. The van der Waals surface area contributed by atoms with Crippen molar-refractivity contribution >= 4 is 17.3 Å². The maximum absolute atomic E-state index is 5.31. The standard InChI is InChI=1S/C14H16N2OS/c1-11(13-8-5-9-17-13)16-14(18)15-10-12-6-3-2-4-7-12/h2-9,11H,10H2,1H3,(H2,15,16,18)/t11-/m0/s1. The van der Waals surface area contributed by atoms with Crippen LogP contribution in [0.15, 0.2) is 53.1 Å². The first-order chi connectivity index (χ1) is 8.75. The van der Waals surface area contributed by atoms with Gasteiger partial charge in [-0.25, -0.2) is 0 Å². The summed E-state index contributed by atoms with van der Waals surface area (Å²) in [6.45, 7) is 2.73. The van der Waals surface area contributed by atoms with Crippen molar-refractivity contribution in [2.45, 2.75) is 19.5 Å². The van der Waals surface area contributed by atoms with Gasteiger partial charge < -0.3 is 15.1 Å². The Labute approximate surface area is 112 Å². The van der Waals surface area contributed by atoms with Crippen LogP contribution in [-0.4, -0.2) is 5.11 Å². The fourth-order valence-corrected chi connectivity index (χ4v) is 1.88. The average Bonchev–Trinajstić information content (AvgIpc) is 2.91. The molecule has 0 aliphatic carbocycles. The molecule has 94 valence electrons. The Balaban J connectivity index is 1.79. The van der Waals surface area contributed by atoms with Gasteiger partial charge in [-0.15, -0.1) is 0 Å². The number of hydrogen-bond donors (Lipinski definition) is 2. The van der Waals surface area contributed by atoms with Crippen LogP contribution in [0.5, 0.6) is 0 Å². The molecular formula is C14H16N2OS. The Hall–Kier alpha value is -1.81. The lowest BCUT2D eigenvalue weighted by atomic mass is 10.2. The van der Waals surface area contributed by atoms with E-state index in [0.717, 1.165) is 12.3 Å². The highest BCUT2D eigenvalue weighted by molar-refractivity contribution is 7.80. The third-order valence-corrected chi connectivity index (χ3v) is 2.88. The van der Waals surface area contributed by atoms with Crippen LogP contribution in [0.25, 0.3) is 0 Å². The van der Waals surface area contributed by atoms with Crippen molar-refractivity contribution in [2.75, 3.05) is 0 Å². The maximum Gasteiger partial charge on any atom is 0.167 e. The molecule has 2 rings (SSSR count). The number of rotatable bonds is 4. The van der Waals surface area contributed by atoms with Crippen LogP contribution in [-0.2, 0) is 6.54 Å². The van der Waals surface area contributed by atoms with E-state index in [-0.39, 0.29) is 6.04 Å². The molecule has 0 aliphatic rings. The van der Waals surface area contributed by atoms with Crippen LogP contribution in [0.2, 0.25) is 0 Å². The number of furan rings is 1.